The van der Waals surface area contributed by atoms with Gasteiger partial charge < -0.3 is 0 Å². The van der Waals surface area contributed by atoms with E-state index in [1.165, 1.54) is 5.01 Å². The Morgan fingerprint density at radius 3 is 2.82 bits per heavy atom. The van der Waals surface area contributed by atoms with Crippen LogP contribution >= 0.6 is 11.3 Å². The van der Waals surface area contributed by atoms with E-state index in [9.17, 15) is 0 Å². The fourth-order valence-corrected chi connectivity index (χ4v) is 1.67. The molecule has 0 aromatic carbocycles. The Hall–Kier alpha value is -0.410. The molecule has 1 aromatic heterocycles. The number of aromatic nitrogens is 1. The van der Waals surface area contributed by atoms with Gasteiger partial charge in [0.05, 0.1) is 6.54 Å². The molecule has 0 spiro atoms. The first-order valence-electron chi connectivity index (χ1n) is 3.82. The van der Waals surface area contributed by atoms with Crippen LogP contribution in [0.1, 0.15) is 17.6 Å². The van der Waals surface area contributed by atoms with E-state index >= 15 is 0 Å². The van der Waals surface area contributed by atoms with Crippen molar-refractivity contribution in [3.63, 3.8) is 0 Å². The molecule has 1 aromatic rings. The lowest BCUT2D eigenvalue weighted by molar-refractivity contribution is 0.345. The van der Waals surface area contributed by atoms with Gasteiger partial charge in [-0.05, 0) is 20.5 Å². The zero-order chi connectivity index (χ0) is 8.27. The van der Waals surface area contributed by atoms with Gasteiger partial charge in [0.15, 0.2) is 0 Å². The van der Waals surface area contributed by atoms with Crippen molar-refractivity contribution in [1.82, 2.24) is 9.88 Å². The van der Waals surface area contributed by atoms with Crippen LogP contribution in [-0.2, 0) is 6.54 Å². The van der Waals surface area contributed by atoms with Gasteiger partial charge in [-0.2, -0.15) is 0 Å². The van der Waals surface area contributed by atoms with Crippen LogP contribution in [-0.4, -0.2) is 23.5 Å². The highest BCUT2D eigenvalue weighted by atomic mass is 32.1. The van der Waals surface area contributed by atoms with E-state index in [0.717, 1.165) is 18.8 Å². The smallest absolute Gasteiger partial charge is 0.107 e. The highest BCUT2D eigenvalue weighted by Gasteiger charge is 2.00. The van der Waals surface area contributed by atoms with Crippen molar-refractivity contribution < 1.29 is 0 Å². The van der Waals surface area contributed by atoms with Crippen molar-refractivity contribution >= 4 is 11.3 Å². The Kier molecular flexibility index (Phi) is 3.02. The quantitative estimate of drug-likeness (QED) is 0.689. The van der Waals surface area contributed by atoms with Crippen LogP contribution in [0.5, 0.6) is 0 Å². The van der Waals surface area contributed by atoms with Crippen LogP contribution in [0.15, 0.2) is 5.38 Å². The monoisotopic (exact) mass is 170 g/mol. The lowest BCUT2D eigenvalue weighted by atomic mass is 10.5. The van der Waals surface area contributed by atoms with Crippen molar-refractivity contribution in [1.29, 1.82) is 0 Å². The van der Waals surface area contributed by atoms with Crippen molar-refractivity contribution in [3.05, 3.63) is 16.1 Å². The lowest BCUT2D eigenvalue weighted by Crippen LogP contribution is -2.16. The predicted molar refractivity (Wildman–Crippen MR) is 48.9 cm³/mol. The summed E-state index contributed by atoms with van der Waals surface area (Å²) in [7, 11) is 2.11. The number of thiazole rings is 1. The third-order valence-corrected chi connectivity index (χ3v) is 2.56. The summed E-state index contributed by atoms with van der Waals surface area (Å²) in [5, 5.41) is 3.31. The van der Waals surface area contributed by atoms with Crippen molar-refractivity contribution in [2.24, 2.45) is 0 Å². The molecule has 0 fully saturated rings. The Morgan fingerprint density at radius 2 is 2.36 bits per heavy atom. The molecule has 0 aliphatic rings. The molecule has 0 bridgehead atoms. The summed E-state index contributed by atoms with van der Waals surface area (Å²) in [6.45, 7) is 6.25. The minimum Gasteiger partial charge on any atom is -0.300 e. The van der Waals surface area contributed by atoms with Gasteiger partial charge in [-0.15, -0.1) is 11.3 Å². The summed E-state index contributed by atoms with van der Waals surface area (Å²) in [4.78, 5) is 6.62. The molecule has 0 amide bonds. The van der Waals surface area contributed by atoms with Crippen molar-refractivity contribution in [2.45, 2.75) is 20.4 Å². The normalized spacial score (nSPS) is 10.9. The first-order chi connectivity index (χ1) is 5.22. The molecule has 62 valence electrons. The van der Waals surface area contributed by atoms with Crippen LogP contribution in [0.2, 0.25) is 0 Å². The van der Waals surface area contributed by atoms with E-state index in [0.29, 0.717) is 0 Å². The summed E-state index contributed by atoms with van der Waals surface area (Å²) in [5.41, 5.74) is 1.13. The maximum absolute atomic E-state index is 4.38. The number of hydrogen-bond acceptors (Lipinski definition) is 3. The maximum Gasteiger partial charge on any atom is 0.107 e. The average molecular weight is 170 g/mol. The molecular weight excluding hydrogens is 156 g/mol. The van der Waals surface area contributed by atoms with E-state index in [2.05, 4.69) is 29.2 Å². The molecule has 0 unspecified atom stereocenters. The molecule has 0 aliphatic carbocycles. The summed E-state index contributed by atoms with van der Waals surface area (Å²) >= 11 is 1.74. The summed E-state index contributed by atoms with van der Waals surface area (Å²) in [6.07, 6.45) is 0. The van der Waals surface area contributed by atoms with Gasteiger partial charge in [0.2, 0.25) is 0 Å². The molecule has 0 saturated carbocycles. The standard InChI is InChI=1S/C8H14N2S/c1-4-10(3)5-8-9-7(2)6-11-8/h6H,4-5H2,1-3H3. The van der Waals surface area contributed by atoms with Crippen LogP contribution in [0.4, 0.5) is 0 Å². The summed E-state index contributed by atoms with van der Waals surface area (Å²) < 4.78 is 0. The van der Waals surface area contributed by atoms with E-state index in [1.54, 1.807) is 11.3 Å². The van der Waals surface area contributed by atoms with Gasteiger partial charge in [-0.1, -0.05) is 6.92 Å². The van der Waals surface area contributed by atoms with Gasteiger partial charge in [0.25, 0.3) is 0 Å². The third kappa shape index (κ3) is 2.60. The average Bonchev–Trinajstić information content (AvgIpc) is 2.35. The Balaban J connectivity index is 2.50. The van der Waals surface area contributed by atoms with Crippen molar-refractivity contribution in [3.8, 4) is 0 Å². The number of nitrogens with zero attached hydrogens (tertiary/aromatic N) is 2. The first-order valence-corrected chi connectivity index (χ1v) is 4.70. The zero-order valence-corrected chi connectivity index (χ0v) is 8.11. The predicted octanol–water partition coefficient (Wildman–Crippen LogP) is 1.90. The van der Waals surface area contributed by atoms with Gasteiger partial charge in [-0.3, -0.25) is 4.90 Å². The molecular formula is C8H14N2S. The molecule has 0 atom stereocenters. The number of hydrogen-bond donors (Lipinski definition) is 0. The molecule has 1 rings (SSSR count). The van der Waals surface area contributed by atoms with E-state index < -0.39 is 0 Å². The number of rotatable bonds is 3. The Bertz CT molecular complexity index is 220. The second kappa shape index (κ2) is 3.83. The van der Waals surface area contributed by atoms with Crippen LogP contribution < -0.4 is 0 Å². The topological polar surface area (TPSA) is 16.1 Å². The molecule has 0 radical (unpaired) electrons. The molecule has 11 heavy (non-hydrogen) atoms. The lowest BCUT2D eigenvalue weighted by Gasteiger charge is -2.10. The second-order valence-electron chi connectivity index (χ2n) is 2.71. The molecule has 0 aliphatic heterocycles. The summed E-state index contributed by atoms with van der Waals surface area (Å²) in [5.74, 6) is 0. The van der Waals surface area contributed by atoms with Gasteiger partial charge in [0.1, 0.15) is 5.01 Å². The van der Waals surface area contributed by atoms with E-state index in [1.807, 2.05) is 6.92 Å². The van der Waals surface area contributed by atoms with E-state index in [4.69, 9.17) is 0 Å². The van der Waals surface area contributed by atoms with Crippen LogP contribution in [0.25, 0.3) is 0 Å². The van der Waals surface area contributed by atoms with Crippen molar-refractivity contribution in [2.75, 3.05) is 13.6 Å². The maximum atomic E-state index is 4.38. The molecule has 0 N–H and O–H groups in total. The number of aryl methyl sites for hydroxylation is 1. The van der Waals surface area contributed by atoms with Gasteiger partial charge >= 0.3 is 0 Å². The fourth-order valence-electron chi connectivity index (χ4n) is 0.818. The van der Waals surface area contributed by atoms with Gasteiger partial charge in [0, 0.05) is 11.1 Å². The Morgan fingerprint density at radius 1 is 1.64 bits per heavy atom. The third-order valence-electron chi connectivity index (χ3n) is 1.61. The molecule has 3 heteroatoms. The minimum atomic E-state index is 0.981. The highest BCUT2D eigenvalue weighted by molar-refractivity contribution is 7.09. The largest absolute Gasteiger partial charge is 0.300 e. The second-order valence-corrected chi connectivity index (χ2v) is 3.66. The summed E-state index contributed by atoms with van der Waals surface area (Å²) in [6, 6.07) is 0. The SMILES string of the molecule is CCN(C)Cc1nc(C)cs1. The Labute approximate surface area is 71.9 Å². The molecule has 1 heterocycles. The molecule has 2 nitrogen and oxygen atoms in total. The first kappa shape index (κ1) is 8.68. The zero-order valence-electron chi connectivity index (χ0n) is 7.29. The fraction of sp³-hybridized carbons (Fsp3) is 0.625. The van der Waals surface area contributed by atoms with E-state index in [-0.39, 0.29) is 0 Å². The highest BCUT2D eigenvalue weighted by Crippen LogP contribution is 2.09. The minimum absolute atomic E-state index is 0.981. The molecule has 0 saturated heterocycles. The van der Waals surface area contributed by atoms with Crippen LogP contribution in [0, 0.1) is 6.92 Å². The van der Waals surface area contributed by atoms with Gasteiger partial charge in [-0.25, -0.2) is 4.98 Å². The van der Waals surface area contributed by atoms with Crippen LogP contribution in [0.3, 0.4) is 0 Å².